The van der Waals surface area contributed by atoms with E-state index in [4.69, 9.17) is 4.52 Å². The highest BCUT2D eigenvalue weighted by atomic mass is 16.5. The van der Waals surface area contributed by atoms with Gasteiger partial charge in [0.05, 0.1) is 12.6 Å². The molecular formula is C13H18N2O3. The van der Waals surface area contributed by atoms with Gasteiger partial charge in [0, 0.05) is 18.5 Å². The predicted molar refractivity (Wildman–Crippen MR) is 64.2 cm³/mol. The second kappa shape index (κ2) is 4.72. The summed E-state index contributed by atoms with van der Waals surface area (Å²) in [6.45, 7) is 0.731. The smallest absolute Gasteiger partial charge is 0.276 e. The fourth-order valence-electron chi connectivity index (χ4n) is 2.56. The van der Waals surface area contributed by atoms with Gasteiger partial charge in [0.2, 0.25) is 0 Å². The third kappa shape index (κ3) is 2.14. The van der Waals surface area contributed by atoms with Gasteiger partial charge < -0.3 is 14.5 Å². The summed E-state index contributed by atoms with van der Waals surface area (Å²) in [6.07, 6.45) is 5.20. The van der Waals surface area contributed by atoms with Crippen LogP contribution in [-0.4, -0.2) is 40.3 Å². The van der Waals surface area contributed by atoms with E-state index in [2.05, 4.69) is 5.16 Å². The van der Waals surface area contributed by atoms with E-state index in [0.29, 0.717) is 18.2 Å². The topological polar surface area (TPSA) is 66.6 Å². The van der Waals surface area contributed by atoms with Crippen molar-refractivity contribution in [2.24, 2.45) is 0 Å². The van der Waals surface area contributed by atoms with E-state index in [1.807, 2.05) is 0 Å². The highest BCUT2D eigenvalue weighted by Crippen LogP contribution is 2.40. The molecule has 1 saturated carbocycles. The van der Waals surface area contributed by atoms with Gasteiger partial charge >= 0.3 is 0 Å². The molecule has 1 aromatic heterocycles. The van der Waals surface area contributed by atoms with Crippen LogP contribution >= 0.6 is 0 Å². The largest absolute Gasteiger partial charge is 0.394 e. The third-order valence-electron chi connectivity index (χ3n) is 3.83. The molecule has 5 nitrogen and oxygen atoms in total. The fourth-order valence-corrected chi connectivity index (χ4v) is 2.56. The molecular weight excluding hydrogens is 232 g/mol. The lowest BCUT2D eigenvalue weighted by atomic mass is 10.0. The van der Waals surface area contributed by atoms with Gasteiger partial charge in [-0.2, -0.15) is 0 Å². The second-order valence-corrected chi connectivity index (χ2v) is 5.22. The number of hydrogen-bond acceptors (Lipinski definition) is 4. The number of rotatable bonds is 3. The summed E-state index contributed by atoms with van der Waals surface area (Å²) in [5, 5.41) is 13.2. The van der Waals surface area contributed by atoms with Crippen molar-refractivity contribution in [1.29, 1.82) is 0 Å². The average molecular weight is 250 g/mol. The minimum absolute atomic E-state index is 0.0269. The quantitative estimate of drug-likeness (QED) is 0.883. The summed E-state index contributed by atoms with van der Waals surface area (Å²) >= 11 is 0. The second-order valence-electron chi connectivity index (χ2n) is 5.22. The summed E-state index contributed by atoms with van der Waals surface area (Å²) < 4.78 is 5.21. The molecule has 2 fully saturated rings. The number of carbonyl (C=O) groups excluding carboxylic acids is 1. The third-order valence-corrected chi connectivity index (χ3v) is 3.83. The first-order valence-electron chi connectivity index (χ1n) is 6.68. The number of hydrogen-bond donors (Lipinski definition) is 1. The van der Waals surface area contributed by atoms with Crippen LogP contribution in [0.3, 0.4) is 0 Å². The Labute approximate surface area is 106 Å². The zero-order chi connectivity index (χ0) is 12.5. The van der Waals surface area contributed by atoms with Crippen molar-refractivity contribution in [1.82, 2.24) is 10.1 Å². The Balaban J connectivity index is 1.74. The van der Waals surface area contributed by atoms with E-state index in [9.17, 15) is 9.90 Å². The molecule has 0 radical (unpaired) electrons. The van der Waals surface area contributed by atoms with E-state index in [-0.39, 0.29) is 18.6 Å². The van der Waals surface area contributed by atoms with Crippen molar-refractivity contribution >= 4 is 5.91 Å². The van der Waals surface area contributed by atoms with Crippen molar-refractivity contribution in [2.45, 2.75) is 44.1 Å². The number of aliphatic hydroxyl groups excluding tert-OH is 1. The van der Waals surface area contributed by atoms with Crippen LogP contribution in [0.25, 0.3) is 0 Å². The summed E-state index contributed by atoms with van der Waals surface area (Å²) in [7, 11) is 0. The lowest BCUT2D eigenvalue weighted by Crippen LogP contribution is -2.45. The molecule has 1 aromatic rings. The van der Waals surface area contributed by atoms with Gasteiger partial charge in [-0.1, -0.05) is 5.16 Å². The van der Waals surface area contributed by atoms with Gasteiger partial charge in [0.25, 0.3) is 5.91 Å². The molecule has 0 spiro atoms. The zero-order valence-electron chi connectivity index (χ0n) is 10.3. The predicted octanol–water partition coefficient (Wildman–Crippen LogP) is 1.54. The molecule has 1 aliphatic heterocycles. The molecule has 5 heteroatoms. The van der Waals surface area contributed by atoms with Crippen LogP contribution in [0.15, 0.2) is 10.6 Å². The molecule has 1 saturated heterocycles. The van der Waals surface area contributed by atoms with Crippen LogP contribution < -0.4 is 0 Å². The van der Waals surface area contributed by atoms with Gasteiger partial charge in [0.1, 0.15) is 5.76 Å². The van der Waals surface area contributed by atoms with Crippen LogP contribution in [0.1, 0.15) is 54.3 Å². The summed E-state index contributed by atoms with van der Waals surface area (Å²) in [5.74, 6) is 1.19. The summed E-state index contributed by atoms with van der Waals surface area (Å²) in [6, 6.07) is 1.70. The Morgan fingerprint density at radius 1 is 1.44 bits per heavy atom. The Bertz CT molecular complexity index is 439. The lowest BCUT2D eigenvalue weighted by molar-refractivity contribution is 0.0493. The van der Waals surface area contributed by atoms with Crippen molar-refractivity contribution in [3.8, 4) is 0 Å². The van der Waals surface area contributed by atoms with Crippen LogP contribution in [0.4, 0.5) is 0 Å². The number of likely N-dealkylation sites (tertiary alicyclic amines) is 1. The molecule has 2 aliphatic rings. The molecule has 98 valence electrons. The Morgan fingerprint density at radius 2 is 2.28 bits per heavy atom. The molecule has 3 rings (SSSR count). The number of aromatic nitrogens is 1. The number of piperidine rings is 1. The molecule has 2 heterocycles. The molecule has 1 aliphatic carbocycles. The Kier molecular flexibility index (Phi) is 3.07. The van der Waals surface area contributed by atoms with Gasteiger partial charge in [-0.3, -0.25) is 4.79 Å². The maximum absolute atomic E-state index is 12.3. The SMILES string of the molecule is O=C(c1cc(C2CC2)on1)N1CCCCC1CO. The number of carbonyl (C=O) groups is 1. The van der Waals surface area contributed by atoms with Crippen LogP contribution in [0, 0.1) is 0 Å². The molecule has 1 N–H and O–H groups in total. The first kappa shape index (κ1) is 11.7. The van der Waals surface area contributed by atoms with E-state index in [1.165, 1.54) is 0 Å². The number of aliphatic hydroxyl groups is 1. The molecule has 1 amide bonds. The zero-order valence-corrected chi connectivity index (χ0v) is 10.3. The first-order chi connectivity index (χ1) is 8.79. The highest BCUT2D eigenvalue weighted by Gasteiger charge is 2.32. The van der Waals surface area contributed by atoms with E-state index >= 15 is 0 Å². The van der Waals surface area contributed by atoms with Gasteiger partial charge in [-0.05, 0) is 32.1 Å². The first-order valence-corrected chi connectivity index (χ1v) is 6.68. The lowest BCUT2D eigenvalue weighted by Gasteiger charge is -2.33. The number of amides is 1. The Hall–Kier alpha value is -1.36. The minimum atomic E-state index is -0.107. The Morgan fingerprint density at radius 3 is 3.00 bits per heavy atom. The van der Waals surface area contributed by atoms with Gasteiger partial charge in [0.15, 0.2) is 5.69 Å². The van der Waals surface area contributed by atoms with E-state index < -0.39 is 0 Å². The monoisotopic (exact) mass is 250 g/mol. The van der Waals surface area contributed by atoms with E-state index in [0.717, 1.165) is 37.9 Å². The molecule has 1 unspecified atom stereocenters. The van der Waals surface area contributed by atoms with Crippen molar-refractivity contribution in [2.75, 3.05) is 13.2 Å². The summed E-state index contributed by atoms with van der Waals surface area (Å²) in [5.41, 5.74) is 0.386. The van der Waals surface area contributed by atoms with Crippen LogP contribution in [0.2, 0.25) is 0 Å². The van der Waals surface area contributed by atoms with Gasteiger partial charge in [-0.15, -0.1) is 0 Å². The van der Waals surface area contributed by atoms with Crippen molar-refractivity contribution in [3.05, 3.63) is 17.5 Å². The van der Waals surface area contributed by atoms with Crippen LogP contribution in [0.5, 0.6) is 0 Å². The molecule has 18 heavy (non-hydrogen) atoms. The van der Waals surface area contributed by atoms with Crippen LogP contribution in [-0.2, 0) is 0 Å². The normalized spacial score (nSPS) is 24.3. The van der Waals surface area contributed by atoms with Crippen molar-refractivity contribution < 1.29 is 14.4 Å². The summed E-state index contributed by atoms with van der Waals surface area (Å²) in [4.78, 5) is 14.1. The average Bonchev–Trinajstić information content (AvgIpc) is 3.16. The molecule has 0 aromatic carbocycles. The minimum Gasteiger partial charge on any atom is -0.394 e. The van der Waals surface area contributed by atoms with Gasteiger partial charge in [-0.25, -0.2) is 0 Å². The number of nitrogens with zero attached hydrogens (tertiary/aromatic N) is 2. The maximum Gasteiger partial charge on any atom is 0.276 e. The molecule has 0 bridgehead atoms. The standard InChI is InChI=1S/C13H18N2O3/c16-8-10-3-1-2-6-15(10)13(17)11-7-12(18-14-11)9-4-5-9/h7,9-10,16H,1-6,8H2. The highest BCUT2D eigenvalue weighted by molar-refractivity contribution is 5.92. The fraction of sp³-hybridized carbons (Fsp3) is 0.692. The maximum atomic E-state index is 12.3. The van der Waals surface area contributed by atoms with E-state index in [1.54, 1.807) is 11.0 Å². The molecule has 1 atom stereocenters. The van der Waals surface area contributed by atoms with Crippen molar-refractivity contribution in [3.63, 3.8) is 0 Å².